The van der Waals surface area contributed by atoms with Crippen molar-refractivity contribution in [1.82, 2.24) is 4.98 Å². The monoisotopic (exact) mass is 375 g/mol. The Morgan fingerprint density at radius 1 is 0.964 bits per heavy atom. The maximum Gasteiger partial charge on any atom is 0.274 e. The van der Waals surface area contributed by atoms with Crippen molar-refractivity contribution in [3.05, 3.63) is 78.1 Å². The lowest BCUT2D eigenvalue weighted by atomic mass is 10.0. The predicted octanol–water partition coefficient (Wildman–Crippen LogP) is 5.60. The Kier molecular flexibility index (Phi) is 6.27. The number of nitrogens with zero attached hydrogens (tertiary/aromatic N) is 1. The first-order chi connectivity index (χ1) is 13.5. The second-order valence-corrected chi connectivity index (χ2v) is 6.74. The van der Waals surface area contributed by atoms with Crippen LogP contribution in [0.4, 0.5) is 17.1 Å². The van der Waals surface area contributed by atoms with Gasteiger partial charge in [0, 0.05) is 23.3 Å². The molecule has 144 valence electrons. The van der Waals surface area contributed by atoms with E-state index in [9.17, 15) is 4.79 Å². The van der Waals surface area contributed by atoms with Gasteiger partial charge >= 0.3 is 0 Å². The van der Waals surface area contributed by atoms with E-state index in [4.69, 9.17) is 4.74 Å². The van der Waals surface area contributed by atoms with E-state index in [1.807, 2.05) is 61.5 Å². The lowest BCUT2D eigenvalue weighted by molar-refractivity contribution is 0.102. The lowest BCUT2D eigenvalue weighted by Gasteiger charge is -2.10. The standard InChI is InChI=1S/C23H25N3O2/c1-4-28-21-11-9-18(10-12-21)25-20-13-14-24-22(15-20)23(27)26-19-7-5-17(6-8-19)16(2)3/h5-16H,4H2,1-3H3,(H,24,25)(H,26,27). The van der Waals surface area contributed by atoms with Crippen molar-refractivity contribution in [2.45, 2.75) is 26.7 Å². The van der Waals surface area contributed by atoms with Crippen LogP contribution in [0.3, 0.4) is 0 Å². The largest absolute Gasteiger partial charge is 0.494 e. The number of rotatable bonds is 7. The fourth-order valence-corrected chi connectivity index (χ4v) is 2.75. The third-order valence-electron chi connectivity index (χ3n) is 4.28. The van der Waals surface area contributed by atoms with Crippen LogP contribution in [0.5, 0.6) is 5.75 Å². The van der Waals surface area contributed by atoms with E-state index in [0.717, 1.165) is 22.8 Å². The minimum absolute atomic E-state index is 0.243. The van der Waals surface area contributed by atoms with E-state index in [-0.39, 0.29) is 5.91 Å². The van der Waals surface area contributed by atoms with Crippen LogP contribution >= 0.6 is 0 Å². The number of carbonyl (C=O) groups excluding carboxylic acids is 1. The first kappa shape index (κ1) is 19.4. The van der Waals surface area contributed by atoms with Crippen LogP contribution in [0.25, 0.3) is 0 Å². The van der Waals surface area contributed by atoms with E-state index in [2.05, 4.69) is 29.5 Å². The smallest absolute Gasteiger partial charge is 0.274 e. The molecule has 3 aromatic rings. The number of carbonyl (C=O) groups is 1. The van der Waals surface area contributed by atoms with Crippen LogP contribution in [0, 0.1) is 0 Å². The number of aromatic nitrogens is 1. The molecule has 0 aliphatic rings. The number of amides is 1. The molecule has 0 aliphatic heterocycles. The van der Waals surface area contributed by atoms with Gasteiger partial charge in [-0.05, 0) is 66.9 Å². The van der Waals surface area contributed by atoms with E-state index < -0.39 is 0 Å². The number of hydrogen-bond donors (Lipinski definition) is 2. The molecule has 0 radical (unpaired) electrons. The molecule has 2 aromatic carbocycles. The SMILES string of the molecule is CCOc1ccc(Nc2ccnc(C(=O)Nc3ccc(C(C)C)cc3)c2)cc1. The summed E-state index contributed by atoms with van der Waals surface area (Å²) in [6.45, 7) is 6.87. The number of pyridine rings is 1. The number of benzene rings is 2. The molecule has 2 N–H and O–H groups in total. The average molecular weight is 375 g/mol. The summed E-state index contributed by atoms with van der Waals surface area (Å²) in [6.07, 6.45) is 1.62. The van der Waals surface area contributed by atoms with Gasteiger partial charge in [-0.25, -0.2) is 0 Å². The van der Waals surface area contributed by atoms with Gasteiger partial charge in [0.1, 0.15) is 11.4 Å². The van der Waals surface area contributed by atoms with E-state index in [1.165, 1.54) is 5.56 Å². The van der Waals surface area contributed by atoms with Gasteiger partial charge in [0.15, 0.2) is 0 Å². The van der Waals surface area contributed by atoms with Gasteiger partial charge in [0.2, 0.25) is 0 Å². The van der Waals surface area contributed by atoms with Gasteiger partial charge in [0.25, 0.3) is 5.91 Å². The zero-order valence-electron chi connectivity index (χ0n) is 16.4. The third kappa shape index (κ3) is 5.10. The van der Waals surface area contributed by atoms with Crippen LogP contribution in [0.1, 0.15) is 42.7 Å². The summed E-state index contributed by atoms with van der Waals surface area (Å²) < 4.78 is 5.45. The van der Waals surface area contributed by atoms with Crippen LogP contribution in [0.15, 0.2) is 66.9 Å². The Morgan fingerprint density at radius 3 is 2.29 bits per heavy atom. The minimum atomic E-state index is -0.243. The second kappa shape index (κ2) is 9.04. The molecule has 1 aromatic heterocycles. The topological polar surface area (TPSA) is 63.2 Å². The predicted molar refractivity (Wildman–Crippen MR) is 114 cm³/mol. The highest BCUT2D eigenvalue weighted by atomic mass is 16.5. The molecular weight excluding hydrogens is 350 g/mol. The summed E-state index contributed by atoms with van der Waals surface area (Å²) in [5, 5.41) is 6.17. The summed E-state index contributed by atoms with van der Waals surface area (Å²) in [7, 11) is 0. The van der Waals surface area contributed by atoms with Gasteiger partial charge in [-0.15, -0.1) is 0 Å². The van der Waals surface area contributed by atoms with Gasteiger partial charge in [-0.3, -0.25) is 9.78 Å². The normalized spacial score (nSPS) is 10.6. The maximum absolute atomic E-state index is 12.5. The molecule has 3 rings (SSSR count). The average Bonchev–Trinajstić information content (AvgIpc) is 2.70. The summed E-state index contributed by atoms with van der Waals surface area (Å²) >= 11 is 0. The first-order valence-electron chi connectivity index (χ1n) is 9.42. The number of hydrogen-bond acceptors (Lipinski definition) is 4. The molecule has 5 nitrogen and oxygen atoms in total. The van der Waals surface area contributed by atoms with Crippen molar-refractivity contribution in [3.8, 4) is 5.75 Å². The zero-order chi connectivity index (χ0) is 19.9. The van der Waals surface area contributed by atoms with E-state index >= 15 is 0 Å². The molecule has 28 heavy (non-hydrogen) atoms. The zero-order valence-corrected chi connectivity index (χ0v) is 16.4. The van der Waals surface area contributed by atoms with E-state index in [1.54, 1.807) is 12.3 Å². The third-order valence-corrected chi connectivity index (χ3v) is 4.28. The first-order valence-corrected chi connectivity index (χ1v) is 9.42. The van der Waals surface area contributed by atoms with Gasteiger partial charge in [-0.1, -0.05) is 26.0 Å². The highest BCUT2D eigenvalue weighted by molar-refractivity contribution is 6.03. The molecule has 0 atom stereocenters. The fourth-order valence-electron chi connectivity index (χ4n) is 2.75. The van der Waals surface area contributed by atoms with Crippen molar-refractivity contribution in [3.63, 3.8) is 0 Å². The summed E-state index contributed by atoms with van der Waals surface area (Å²) in [5.41, 5.74) is 4.03. The summed E-state index contributed by atoms with van der Waals surface area (Å²) in [5.74, 6) is 1.04. The van der Waals surface area contributed by atoms with Crippen LogP contribution in [-0.2, 0) is 0 Å². The summed E-state index contributed by atoms with van der Waals surface area (Å²) in [6, 6.07) is 19.1. The second-order valence-electron chi connectivity index (χ2n) is 6.74. The van der Waals surface area contributed by atoms with Crippen LogP contribution < -0.4 is 15.4 Å². The quantitative estimate of drug-likeness (QED) is 0.564. The molecule has 0 bridgehead atoms. The highest BCUT2D eigenvalue weighted by Gasteiger charge is 2.09. The molecular formula is C23H25N3O2. The van der Waals surface area contributed by atoms with Gasteiger partial charge < -0.3 is 15.4 Å². The fraction of sp³-hybridized carbons (Fsp3) is 0.217. The molecule has 0 fully saturated rings. The van der Waals surface area contributed by atoms with Crippen molar-refractivity contribution in [2.24, 2.45) is 0 Å². The highest BCUT2D eigenvalue weighted by Crippen LogP contribution is 2.21. The molecule has 0 unspecified atom stereocenters. The Labute approximate surface area is 165 Å². The minimum Gasteiger partial charge on any atom is -0.494 e. The lowest BCUT2D eigenvalue weighted by Crippen LogP contribution is -2.13. The number of anilines is 3. The van der Waals surface area contributed by atoms with Crippen LogP contribution in [-0.4, -0.2) is 17.5 Å². The number of nitrogens with one attached hydrogen (secondary N) is 2. The van der Waals surface area contributed by atoms with Crippen molar-refractivity contribution < 1.29 is 9.53 Å². The molecule has 0 saturated carbocycles. The Morgan fingerprint density at radius 2 is 1.64 bits per heavy atom. The molecule has 1 amide bonds. The van der Waals surface area contributed by atoms with Crippen LogP contribution in [0.2, 0.25) is 0 Å². The van der Waals surface area contributed by atoms with Gasteiger partial charge in [0.05, 0.1) is 6.61 Å². The van der Waals surface area contributed by atoms with Gasteiger partial charge in [-0.2, -0.15) is 0 Å². The van der Waals surface area contributed by atoms with Crippen molar-refractivity contribution in [1.29, 1.82) is 0 Å². The van der Waals surface area contributed by atoms with E-state index in [0.29, 0.717) is 18.2 Å². The van der Waals surface area contributed by atoms with Crippen molar-refractivity contribution in [2.75, 3.05) is 17.2 Å². The molecule has 5 heteroatoms. The Hall–Kier alpha value is -3.34. The molecule has 0 aliphatic carbocycles. The Balaban J connectivity index is 1.67. The molecule has 0 spiro atoms. The Bertz CT molecular complexity index is 919. The molecule has 1 heterocycles. The number of ether oxygens (including phenoxy) is 1. The maximum atomic E-state index is 12.5. The van der Waals surface area contributed by atoms with Crippen molar-refractivity contribution >= 4 is 23.0 Å². The molecule has 0 saturated heterocycles. The summed E-state index contributed by atoms with van der Waals surface area (Å²) in [4.78, 5) is 16.7.